The van der Waals surface area contributed by atoms with Gasteiger partial charge in [0.25, 0.3) is 5.91 Å². The lowest BCUT2D eigenvalue weighted by atomic mass is 10.3. The molecule has 0 radical (unpaired) electrons. The first-order valence-electron chi connectivity index (χ1n) is 4.62. The lowest BCUT2D eigenvalue weighted by molar-refractivity contribution is 0.0957. The summed E-state index contributed by atoms with van der Waals surface area (Å²) < 4.78 is 1.01. The molecule has 1 aromatic heterocycles. The molecule has 0 saturated heterocycles. The van der Waals surface area contributed by atoms with Crippen LogP contribution in [0.15, 0.2) is 9.85 Å². The van der Waals surface area contributed by atoms with Crippen LogP contribution in [-0.2, 0) is 0 Å². The number of halogens is 1. The molecule has 1 aromatic rings. The van der Waals surface area contributed by atoms with Gasteiger partial charge in [-0.1, -0.05) is 0 Å². The first-order valence-corrected chi connectivity index (χ1v) is 6.23. The van der Waals surface area contributed by atoms with Gasteiger partial charge in [-0.15, -0.1) is 23.7 Å². The van der Waals surface area contributed by atoms with E-state index in [4.69, 9.17) is 6.42 Å². The topological polar surface area (TPSA) is 29.1 Å². The lowest BCUT2D eigenvalue weighted by Crippen LogP contribution is -2.23. The normalized spacial score (nSPS) is 9.67. The molecule has 0 unspecified atom stereocenters. The molecule has 1 heterocycles. The summed E-state index contributed by atoms with van der Waals surface area (Å²) in [6.45, 7) is 2.60. The number of aryl methyl sites for hydroxylation is 1. The average molecular weight is 286 g/mol. The molecule has 2 nitrogen and oxygen atoms in total. The van der Waals surface area contributed by atoms with Gasteiger partial charge < -0.3 is 5.32 Å². The third-order valence-electron chi connectivity index (χ3n) is 1.86. The second kappa shape index (κ2) is 5.94. The Morgan fingerprint density at radius 1 is 1.73 bits per heavy atom. The van der Waals surface area contributed by atoms with Crippen molar-refractivity contribution in [2.24, 2.45) is 0 Å². The molecule has 0 spiro atoms. The second-order valence-electron chi connectivity index (χ2n) is 3.13. The monoisotopic (exact) mass is 285 g/mol. The van der Waals surface area contributed by atoms with Gasteiger partial charge in [0.05, 0.1) is 8.66 Å². The van der Waals surface area contributed by atoms with E-state index >= 15 is 0 Å². The molecule has 0 aliphatic heterocycles. The van der Waals surface area contributed by atoms with Gasteiger partial charge >= 0.3 is 0 Å². The Hall–Kier alpha value is -0.790. The van der Waals surface area contributed by atoms with E-state index < -0.39 is 0 Å². The molecule has 0 saturated carbocycles. The first kappa shape index (κ1) is 12.3. The summed E-state index contributed by atoms with van der Waals surface area (Å²) in [6, 6.07) is 1.88. The van der Waals surface area contributed by atoms with E-state index in [2.05, 4.69) is 27.2 Å². The Kier molecular flexibility index (Phi) is 4.86. The highest BCUT2D eigenvalue weighted by Gasteiger charge is 2.09. The van der Waals surface area contributed by atoms with Crippen LogP contribution in [0.3, 0.4) is 0 Å². The SMILES string of the molecule is C#CCCCNC(=O)c1cc(C)c(Br)s1. The standard InChI is InChI=1S/C11H12BrNOS/c1-3-4-5-6-13-11(14)9-7-8(2)10(12)15-9/h1,7H,4-6H2,2H3,(H,13,14). The van der Waals surface area contributed by atoms with Gasteiger partial charge in [0.15, 0.2) is 0 Å². The summed E-state index contributed by atoms with van der Waals surface area (Å²) in [5, 5.41) is 2.83. The minimum atomic E-state index is -0.0224. The number of thiophene rings is 1. The van der Waals surface area contributed by atoms with Crippen LogP contribution >= 0.6 is 27.3 Å². The maximum Gasteiger partial charge on any atom is 0.261 e. The van der Waals surface area contributed by atoms with Gasteiger partial charge in [-0.2, -0.15) is 0 Å². The molecule has 0 fully saturated rings. The van der Waals surface area contributed by atoms with E-state index in [1.807, 2.05) is 13.0 Å². The number of terminal acetylenes is 1. The van der Waals surface area contributed by atoms with Gasteiger partial charge in [-0.05, 0) is 40.9 Å². The summed E-state index contributed by atoms with van der Waals surface area (Å²) >= 11 is 4.84. The average Bonchev–Trinajstić information content (AvgIpc) is 2.54. The third-order valence-corrected chi connectivity index (χ3v) is 4.00. The molecule has 4 heteroatoms. The summed E-state index contributed by atoms with van der Waals surface area (Å²) in [6.07, 6.45) is 6.64. The second-order valence-corrected chi connectivity index (χ2v) is 5.50. The van der Waals surface area contributed by atoms with Gasteiger partial charge in [0.1, 0.15) is 0 Å². The summed E-state index contributed by atoms with van der Waals surface area (Å²) in [5.74, 6) is 2.52. The molecule has 0 atom stereocenters. The fraction of sp³-hybridized carbons (Fsp3) is 0.364. The Balaban J connectivity index is 2.44. The predicted molar refractivity (Wildman–Crippen MR) is 67.2 cm³/mol. The van der Waals surface area contributed by atoms with Crippen molar-refractivity contribution in [3.8, 4) is 12.3 Å². The van der Waals surface area contributed by atoms with E-state index in [1.165, 1.54) is 11.3 Å². The quantitative estimate of drug-likeness (QED) is 0.669. The van der Waals surface area contributed by atoms with Crippen LogP contribution in [0, 0.1) is 19.3 Å². The van der Waals surface area contributed by atoms with Crippen molar-refractivity contribution in [2.75, 3.05) is 6.54 Å². The van der Waals surface area contributed by atoms with E-state index in [9.17, 15) is 4.79 Å². The van der Waals surface area contributed by atoms with E-state index in [0.717, 1.165) is 20.6 Å². The molecular weight excluding hydrogens is 274 g/mol. The van der Waals surface area contributed by atoms with E-state index in [-0.39, 0.29) is 5.91 Å². The Bertz CT molecular complexity index is 372. The van der Waals surface area contributed by atoms with Crippen molar-refractivity contribution < 1.29 is 4.79 Å². The van der Waals surface area contributed by atoms with Crippen LogP contribution in [0.4, 0.5) is 0 Å². The minimum absolute atomic E-state index is 0.0224. The number of carbonyl (C=O) groups is 1. The molecule has 15 heavy (non-hydrogen) atoms. The number of rotatable bonds is 4. The van der Waals surface area contributed by atoms with E-state index in [1.54, 1.807) is 0 Å². The van der Waals surface area contributed by atoms with Gasteiger partial charge in [-0.25, -0.2) is 0 Å². The first-order chi connectivity index (χ1) is 7.15. The fourth-order valence-electron chi connectivity index (χ4n) is 1.05. The van der Waals surface area contributed by atoms with Crippen molar-refractivity contribution in [3.63, 3.8) is 0 Å². The molecule has 80 valence electrons. The molecular formula is C11H12BrNOS. The van der Waals surface area contributed by atoms with Gasteiger partial charge in [-0.3, -0.25) is 4.79 Å². The summed E-state index contributed by atoms with van der Waals surface area (Å²) in [7, 11) is 0. The third kappa shape index (κ3) is 3.69. The molecule has 0 aliphatic rings. The van der Waals surface area contributed by atoms with Crippen LogP contribution < -0.4 is 5.32 Å². The van der Waals surface area contributed by atoms with Crippen molar-refractivity contribution in [3.05, 3.63) is 20.3 Å². The molecule has 0 bridgehead atoms. The highest BCUT2D eigenvalue weighted by atomic mass is 79.9. The van der Waals surface area contributed by atoms with Crippen LogP contribution in [-0.4, -0.2) is 12.5 Å². The number of carbonyl (C=O) groups excluding carboxylic acids is 1. The van der Waals surface area contributed by atoms with Crippen LogP contribution in [0.5, 0.6) is 0 Å². The largest absolute Gasteiger partial charge is 0.351 e. The van der Waals surface area contributed by atoms with Crippen molar-refractivity contribution >= 4 is 33.2 Å². The van der Waals surface area contributed by atoms with Crippen molar-refractivity contribution in [2.45, 2.75) is 19.8 Å². The number of nitrogens with one attached hydrogen (secondary N) is 1. The fourth-order valence-corrected chi connectivity index (χ4v) is 2.50. The van der Waals surface area contributed by atoms with Gasteiger partial charge in [0.2, 0.25) is 0 Å². The van der Waals surface area contributed by atoms with Crippen LogP contribution in [0.2, 0.25) is 0 Å². The number of hydrogen-bond acceptors (Lipinski definition) is 2. The molecule has 1 N–H and O–H groups in total. The zero-order valence-corrected chi connectivity index (χ0v) is 10.9. The summed E-state index contributed by atoms with van der Waals surface area (Å²) in [5.41, 5.74) is 1.09. The maximum absolute atomic E-state index is 11.6. The summed E-state index contributed by atoms with van der Waals surface area (Å²) in [4.78, 5) is 12.3. The minimum Gasteiger partial charge on any atom is -0.351 e. The maximum atomic E-state index is 11.6. The zero-order valence-electron chi connectivity index (χ0n) is 8.47. The van der Waals surface area contributed by atoms with Crippen molar-refractivity contribution in [1.29, 1.82) is 0 Å². The van der Waals surface area contributed by atoms with Crippen LogP contribution in [0.25, 0.3) is 0 Å². The molecule has 0 aromatic carbocycles. The smallest absolute Gasteiger partial charge is 0.261 e. The van der Waals surface area contributed by atoms with Crippen LogP contribution in [0.1, 0.15) is 28.1 Å². The Morgan fingerprint density at radius 2 is 2.47 bits per heavy atom. The lowest BCUT2D eigenvalue weighted by Gasteiger charge is -2.00. The number of unbranched alkanes of at least 4 members (excludes halogenated alkanes) is 1. The van der Waals surface area contributed by atoms with E-state index in [0.29, 0.717) is 13.0 Å². The predicted octanol–water partition coefficient (Wildman–Crippen LogP) is 2.96. The molecule has 1 amide bonds. The Labute approximate surface area is 102 Å². The molecule has 1 rings (SSSR count). The highest BCUT2D eigenvalue weighted by Crippen LogP contribution is 2.27. The number of hydrogen-bond donors (Lipinski definition) is 1. The zero-order chi connectivity index (χ0) is 11.3. The number of amides is 1. The van der Waals surface area contributed by atoms with Crippen molar-refractivity contribution in [1.82, 2.24) is 5.32 Å². The highest BCUT2D eigenvalue weighted by molar-refractivity contribution is 9.11. The van der Waals surface area contributed by atoms with Gasteiger partial charge in [0, 0.05) is 13.0 Å². The molecule has 0 aliphatic carbocycles. The Morgan fingerprint density at radius 3 is 3.00 bits per heavy atom.